The van der Waals surface area contributed by atoms with E-state index in [4.69, 9.17) is 5.26 Å². The van der Waals surface area contributed by atoms with Crippen molar-refractivity contribution in [3.05, 3.63) is 29.6 Å². The summed E-state index contributed by atoms with van der Waals surface area (Å²) in [6, 6.07) is 6.36. The summed E-state index contributed by atoms with van der Waals surface area (Å²) in [6.07, 6.45) is 1.65. The Morgan fingerprint density at radius 1 is 1.44 bits per heavy atom. The molecule has 1 heterocycles. The lowest BCUT2D eigenvalue weighted by Gasteiger charge is -2.25. The van der Waals surface area contributed by atoms with E-state index < -0.39 is 0 Å². The molecule has 0 aromatic carbocycles. The van der Waals surface area contributed by atoms with Crippen LogP contribution in [0.4, 0.5) is 0 Å². The van der Waals surface area contributed by atoms with Crippen molar-refractivity contribution in [2.75, 3.05) is 20.6 Å². The van der Waals surface area contributed by atoms with Crippen molar-refractivity contribution in [3.63, 3.8) is 0 Å². The van der Waals surface area contributed by atoms with Gasteiger partial charge >= 0.3 is 0 Å². The Hall–Kier alpha value is -1.44. The lowest BCUT2D eigenvalue weighted by Crippen LogP contribution is -2.41. The van der Waals surface area contributed by atoms with Crippen molar-refractivity contribution in [1.29, 1.82) is 5.26 Å². The van der Waals surface area contributed by atoms with Crippen LogP contribution in [-0.4, -0.2) is 36.6 Å². The van der Waals surface area contributed by atoms with Gasteiger partial charge < -0.3 is 10.2 Å². The maximum absolute atomic E-state index is 8.99. The van der Waals surface area contributed by atoms with Gasteiger partial charge in [-0.05, 0) is 26.1 Å². The zero-order valence-electron chi connectivity index (χ0n) is 11.6. The van der Waals surface area contributed by atoms with Crippen molar-refractivity contribution < 1.29 is 0 Å². The molecule has 0 aliphatic heterocycles. The second kappa shape index (κ2) is 7.10. The summed E-state index contributed by atoms with van der Waals surface area (Å²) in [5.74, 6) is 0.551. The zero-order valence-corrected chi connectivity index (χ0v) is 11.6. The molecule has 0 bridgehead atoms. The van der Waals surface area contributed by atoms with Crippen molar-refractivity contribution in [2.45, 2.75) is 26.4 Å². The molecule has 0 saturated carbocycles. The van der Waals surface area contributed by atoms with Crippen LogP contribution in [0.5, 0.6) is 0 Å². The van der Waals surface area contributed by atoms with E-state index in [1.165, 1.54) is 0 Å². The largest absolute Gasteiger partial charge is 0.308 e. The summed E-state index contributed by atoms with van der Waals surface area (Å²) in [7, 11) is 4.14. The van der Waals surface area contributed by atoms with Gasteiger partial charge in [-0.25, -0.2) is 4.98 Å². The van der Waals surface area contributed by atoms with E-state index in [9.17, 15) is 0 Å². The highest BCUT2D eigenvalue weighted by Gasteiger charge is 2.14. The normalized spacial score (nSPS) is 12.7. The molecule has 0 radical (unpaired) electrons. The van der Waals surface area contributed by atoms with E-state index in [0.717, 1.165) is 12.1 Å². The van der Waals surface area contributed by atoms with Gasteiger partial charge in [-0.2, -0.15) is 5.26 Å². The number of rotatable bonds is 6. The summed E-state index contributed by atoms with van der Waals surface area (Å²) in [5, 5.41) is 12.5. The standard InChI is InChI=1S/C14H22N4/c1-11(2)14(10-18(3)4)17-9-12-6-5-7-16-13(12)8-15/h5-7,11,14,17H,9-10H2,1-4H3. The predicted octanol–water partition coefficient (Wildman–Crippen LogP) is 1.63. The molecule has 98 valence electrons. The molecule has 18 heavy (non-hydrogen) atoms. The molecule has 0 saturated heterocycles. The van der Waals surface area contributed by atoms with Crippen LogP contribution in [0, 0.1) is 17.2 Å². The molecule has 0 fully saturated rings. The van der Waals surface area contributed by atoms with Gasteiger partial charge in [0.1, 0.15) is 11.8 Å². The molecule has 0 aliphatic carbocycles. The number of nitrogens with one attached hydrogen (secondary N) is 1. The average Bonchev–Trinajstić information content (AvgIpc) is 2.34. The van der Waals surface area contributed by atoms with Crippen LogP contribution in [0.3, 0.4) is 0 Å². The Morgan fingerprint density at radius 3 is 2.72 bits per heavy atom. The molecule has 1 aromatic rings. The zero-order chi connectivity index (χ0) is 13.5. The molecule has 1 unspecified atom stereocenters. The number of nitriles is 1. The van der Waals surface area contributed by atoms with Gasteiger partial charge in [-0.15, -0.1) is 0 Å². The van der Waals surface area contributed by atoms with E-state index in [1.54, 1.807) is 6.20 Å². The lowest BCUT2D eigenvalue weighted by molar-refractivity contribution is 0.288. The third-order valence-corrected chi connectivity index (χ3v) is 2.92. The van der Waals surface area contributed by atoms with E-state index in [2.05, 4.69) is 49.2 Å². The molecular formula is C14H22N4. The monoisotopic (exact) mass is 246 g/mol. The van der Waals surface area contributed by atoms with Gasteiger partial charge in [0.15, 0.2) is 0 Å². The van der Waals surface area contributed by atoms with Crippen molar-refractivity contribution in [3.8, 4) is 6.07 Å². The van der Waals surface area contributed by atoms with Crippen LogP contribution in [0.1, 0.15) is 25.1 Å². The van der Waals surface area contributed by atoms with E-state index in [1.807, 2.05) is 12.1 Å². The lowest BCUT2D eigenvalue weighted by atomic mass is 10.0. The number of pyridine rings is 1. The first-order chi connectivity index (χ1) is 8.54. The molecule has 0 amide bonds. The number of hydrogen-bond acceptors (Lipinski definition) is 4. The van der Waals surface area contributed by atoms with Gasteiger partial charge in [0.2, 0.25) is 0 Å². The summed E-state index contributed by atoms with van der Waals surface area (Å²) in [5.41, 5.74) is 1.47. The highest BCUT2D eigenvalue weighted by atomic mass is 15.1. The molecule has 0 spiro atoms. The van der Waals surface area contributed by atoms with E-state index in [-0.39, 0.29) is 0 Å². The fourth-order valence-corrected chi connectivity index (χ4v) is 1.83. The first kappa shape index (κ1) is 14.6. The summed E-state index contributed by atoms with van der Waals surface area (Å²) >= 11 is 0. The van der Waals surface area contributed by atoms with E-state index in [0.29, 0.717) is 24.2 Å². The Morgan fingerprint density at radius 2 is 2.17 bits per heavy atom. The molecule has 4 heteroatoms. The SMILES string of the molecule is CC(C)C(CN(C)C)NCc1cccnc1C#N. The fourth-order valence-electron chi connectivity index (χ4n) is 1.83. The van der Waals surface area contributed by atoms with E-state index >= 15 is 0 Å². The highest BCUT2D eigenvalue weighted by molar-refractivity contribution is 5.30. The first-order valence-corrected chi connectivity index (χ1v) is 6.26. The van der Waals surface area contributed by atoms with Gasteiger partial charge in [-0.3, -0.25) is 0 Å². The van der Waals surface area contributed by atoms with Crippen molar-refractivity contribution >= 4 is 0 Å². The van der Waals surface area contributed by atoms with Crippen LogP contribution in [0.25, 0.3) is 0 Å². The van der Waals surface area contributed by atoms with Crippen LogP contribution in [0.2, 0.25) is 0 Å². The van der Waals surface area contributed by atoms with Crippen molar-refractivity contribution in [1.82, 2.24) is 15.2 Å². The second-order valence-corrected chi connectivity index (χ2v) is 5.12. The smallest absolute Gasteiger partial charge is 0.144 e. The quantitative estimate of drug-likeness (QED) is 0.829. The van der Waals surface area contributed by atoms with Crippen molar-refractivity contribution in [2.24, 2.45) is 5.92 Å². The minimum atomic E-state index is 0.409. The average molecular weight is 246 g/mol. The predicted molar refractivity (Wildman–Crippen MR) is 73.0 cm³/mol. The molecular weight excluding hydrogens is 224 g/mol. The Labute approximate surface area is 110 Å². The third-order valence-electron chi connectivity index (χ3n) is 2.92. The number of hydrogen-bond donors (Lipinski definition) is 1. The molecule has 1 aromatic heterocycles. The Kier molecular flexibility index (Phi) is 5.76. The summed E-state index contributed by atoms with van der Waals surface area (Å²) < 4.78 is 0. The van der Waals surface area contributed by atoms with Crippen LogP contribution >= 0.6 is 0 Å². The summed E-state index contributed by atoms with van der Waals surface area (Å²) in [4.78, 5) is 6.24. The summed E-state index contributed by atoms with van der Waals surface area (Å²) in [6.45, 7) is 6.08. The Bertz CT molecular complexity index is 407. The van der Waals surface area contributed by atoms with Crippen LogP contribution < -0.4 is 5.32 Å². The van der Waals surface area contributed by atoms with Crippen LogP contribution in [0.15, 0.2) is 18.3 Å². The topological polar surface area (TPSA) is 52.0 Å². The molecule has 4 nitrogen and oxygen atoms in total. The molecule has 1 rings (SSSR count). The second-order valence-electron chi connectivity index (χ2n) is 5.12. The van der Waals surface area contributed by atoms with Gasteiger partial charge in [0, 0.05) is 30.9 Å². The minimum Gasteiger partial charge on any atom is -0.308 e. The van der Waals surface area contributed by atoms with Crippen LogP contribution in [-0.2, 0) is 6.54 Å². The number of aromatic nitrogens is 1. The first-order valence-electron chi connectivity index (χ1n) is 6.26. The molecule has 1 atom stereocenters. The maximum atomic E-state index is 8.99. The molecule has 1 N–H and O–H groups in total. The van der Waals surface area contributed by atoms with Gasteiger partial charge in [0.05, 0.1) is 0 Å². The highest BCUT2D eigenvalue weighted by Crippen LogP contribution is 2.07. The van der Waals surface area contributed by atoms with Gasteiger partial charge in [-0.1, -0.05) is 19.9 Å². The van der Waals surface area contributed by atoms with Gasteiger partial charge in [0.25, 0.3) is 0 Å². The number of nitrogens with zero attached hydrogens (tertiary/aromatic N) is 3. The Balaban J connectivity index is 2.64. The molecule has 0 aliphatic rings. The third kappa shape index (κ3) is 4.44. The maximum Gasteiger partial charge on any atom is 0.144 e. The number of likely N-dealkylation sites (N-methyl/N-ethyl adjacent to an activating group) is 1. The fraction of sp³-hybridized carbons (Fsp3) is 0.571. The minimum absolute atomic E-state index is 0.409.